The predicted molar refractivity (Wildman–Crippen MR) is 103 cm³/mol. The van der Waals surface area contributed by atoms with Crippen LogP contribution in [0.2, 0.25) is 0 Å². The Morgan fingerprint density at radius 2 is 1.76 bits per heavy atom. The Labute approximate surface area is 183 Å². The van der Waals surface area contributed by atoms with Gasteiger partial charge < -0.3 is 8.92 Å². The molecule has 0 aliphatic carbocycles. The maximum Gasteiger partial charge on any atom is 0.534 e. The van der Waals surface area contributed by atoms with Gasteiger partial charge in [0.15, 0.2) is 0 Å². The van der Waals surface area contributed by atoms with E-state index in [0.29, 0.717) is 17.5 Å². The molecule has 13 heteroatoms. The van der Waals surface area contributed by atoms with Crippen LogP contribution in [0.4, 0.5) is 26.3 Å². The zero-order valence-corrected chi connectivity index (χ0v) is 17.2. The first-order valence-corrected chi connectivity index (χ1v) is 10.8. The third-order valence-electron chi connectivity index (χ3n) is 5.00. The fourth-order valence-corrected chi connectivity index (χ4v) is 3.99. The van der Waals surface area contributed by atoms with Gasteiger partial charge in [-0.3, -0.25) is 0 Å². The van der Waals surface area contributed by atoms with E-state index >= 15 is 0 Å². The minimum atomic E-state index is -5.87. The summed E-state index contributed by atoms with van der Waals surface area (Å²) in [5.74, 6) is -1.04. The van der Waals surface area contributed by atoms with Gasteiger partial charge in [0, 0.05) is 29.9 Å². The lowest BCUT2D eigenvalue weighted by Gasteiger charge is -2.28. The largest absolute Gasteiger partial charge is 0.534 e. The third-order valence-corrected chi connectivity index (χ3v) is 5.98. The fraction of sp³-hybridized carbons (Fsp3) is 0.250. The number of alkyl halides is 6. The van der Waals surface area contributed by atoms with Crippen LogP contribution in [-0.4, -0.2) is 30.3 Å². The molecule has 0 saturated heterocycles. The number of hydrogen-bond donors (Lipinski definition) is 0. The molecule has 0 N–H and O–H groups in total. The molecule has 1 aromatic heterocycles. The summed E-state index contributed by atoms with van der Waals surface area (Å²) < 4.78 is 111. The van der Waals surface area contributed by atoms with Crippen molar-refractivity contribution in [3.05, 3.63) is 71.5 Å². The standard InChI is InChI=1S/C20H14F6N2O4S/c21-19(22,23)12-2-4-15(17(10-12)28-8-1-7-27-28)14-6-9-31-18-11-13(3-5-16(14)18)32-33(29,30)20(24,25)26/h1-5,7-8,10-11,14H,6,9H2. The van der Waals surface area contributed by atoms with E-state index < -0.39 is 39.0 Å². The van der Waals surface area contributed by atoms with Gasteiger partial charge in [0.1, 0.15) is 11.5 Å². The fourth-order valence-electron chi connectivity index (χ4n) is 3.54. The highest BCUT2D eigenvalue weighted by Crippen LogP contribution is 2.43. The molecule has 0 spiro atoms. The summed E-state index contributed by atoms with van der Waals surface area (Å²) in [5.41, 5.74) is -5.37. The van der Waals surface area contributed by atoms with E-state index in [9.17, 15) is 34.8 Å². The number of ether oxygens (including phenoxy) is 1. The molecule has 1 atom stereocenters. The molecule has 0 radical (unpaired) electrons. The van der Waals surface area contributed by atoms with Gasteiger partial charge in [0.25, 0.3) is 0 Å². The first-order chi connectivity index (χ1) is 15.4. The van der Waals surface area contributed by atoms with Gasteiger partial charge in [-0.2, -0.15) is 39.9 Å². The van der Waals surface area contributed by atoms with Crippen molar-refractivity contribution in [2.45, 2.75) is 24.0 Å². The monoisotopic (exact) mass is 492 g/mol. The van der Waals surface area contributed by atoms with Crippen LogP contribution in [0, 0.1) is 0 Å². The van der Waals surface area contributed by atoms with Crippen molar-refractivity contribution in [3.63, 3.8) is 0 Å². The minimum Gasteiger partial charge on any atom is -0.493 e. The Morgan fingerprint density at radius 1 is 1.03 bits per heavy atom. The Balaban J connectivity index is 1.76. The minimum absolute atomic E-state index is 0.0624. The van der Waals surface area contributed by atoms with E-state index in [4.69, 9.17) is 4.74 Å². The molecule has 1 unspecified atom stereocenters. The molecular weight excluding hydrogens is 478 g/mol. The lowest BCUT2D eigenvalue weighted by Crippen LogP contribution is -2.28. The highest BCUT2D eigenvalue weighted by molar-refractivity contribution is 7.88. The molecule has 176 valence electrons. The molecule has 1 aliphatic rings. The first-order valence-electron chi connectivity index (χ1n) is 9.35. The molecular formula is C20H14F6N2O4S. The van der Waals surface area contributed by atoms with E-state index in [0.717, 1.165) is 24.3 Å². The van der Waals surface area contributed by atoms with Crippen LogP contribution >= 0.6 is 0 Å². The normalized spacial score (nSPS) is 16.7. The second kappa shape index (κ2) is 7.97. The summed E-state index contributed by atoms with van der Waals surface area (Å²) in [6, 6.07) is 8.12. The van der Waals surface area contributed by atoms with Gasteiger partial charge in [-0.15, -0.1) is 0 Å². The molecule has 6 nitrogen and oxygen atoms in total. The molecule has 0 fully saturated rings. The van der Waals surface area contributed by atoms with E-state index in [1.165, 1.54) is 29.2 Å². The van der Waals surface area contributed by atoms with Crippen molar-refractivity contribution in [2.24, 2.45) is 0 Å². The summed E-state index contributed by atoms with van der Waals surface area (Å²) in [6.45, 7) is 0.0900. The SMILES string of the molecule is O=S(=O)(Oc1ccc2c(c1)OCCC2c1ccc(C(F)(F)F)cc1-n1cccn1)C(F)(F)F. The lowest BCUT2D eigenvalue weighted by molar-refractivity contribution is -0.137. The third kappa shape index (κ3) is 4.49. The topological polar surface area (TPSA) is 70.4 Å². The quantitative estimate of drug-likeness (QED) is 0.290. The van der Waals surface area contributed by atoms with Crippen molar-refractivity contribution in [3.8, 4) is 17.2 Å². The number of nitrogens with zero attached hydrogens (tertiary/aromatic N) is 2. The number of benzene rings is 2. The number of rotatable bonds is 4. The van der Waals surface area contributed by atoms with Gasteiger partial charge in [0.2, 0.25) is 0 Å². The molecule has 33 heavy (non-hydrogen) atoms. The zero-order valence-electron chi connectivity index (χ0n) is 16.4. The summed E-state index contributed by atoms with van der Waals surface area (Å²) >= 11 is 0. The predicted octanol–water partition coefficient (Wildman–Crippen LogP) is 5.03. The van der Waals surface area contributed by atoms with Gasteiger partial charge in [-0.05, 0) is 36.2 Å². The number of halogens is 6. The van der Waals surface area contributed by atoms with E-state index in [1.54, 1.807) is 6.07 Å². The molecule has 4 rings (SSSR count). The lowest BCUT2D eigenvalue weighted by atomic mass is 9.85. The van der Waals surface area contributed by atoms with Crippen LogP contribution in [0.3, 0.4) is 0 Å². The number of aromatic nitrogens is 2. The second-order valence-electron chi connectivity index (χ2n) is 7.09. The highest BCUT2D eigenvalue weighted by atomic mass is 32.2. The average Bonchev–Trinajstić information content (AvgIpc) is 3.26. The number of fused-ring (bicyclic) bond motifs is 1. The number of hydrogen-bond acceptors (Lipinski definition) is 5. The maximum absolute atomic E-state index is 13.3. The Kier molecular flexibility index (Phi) is 5.55. The maximum atomic E-state index is 13.3. The summed E-state index contributed by atoms with van der Waals surface area (Å²) in [6.07, 6.45) is -1.33. The second-order valence-corrected chi connectivity index (χ2v) is 8.63. The molecule has 1 aliphatic heterocycles. The van der Waals surface area contributed by atoms with Crippen molar-refractivity contribution in [2.75, 3.05) is 6.61 Å². The van der Waals surface area contributed by atoms with Crippen molar-refractivity contribution < 1.29 is 43.7 Å². The van der Waals surface area contributed by atoms with E-state index in [2.05, 4.69) is 9.28 Å². The van der Waals surface area contributed by atoms with Crippen LogP contribution in [0.1, 0.15) is 29.0 Å². The van der Waals surface area contributed by atoms with Crippen molar-refractivity contribution in [1.29, 1.82) is 0 Å². The van der Waals surface area contributed by atoms with Gasteiger partial charge in [-0.25, -0.2) is 4.68 Å². The van der Waals surface area contributed by atoms with Gasteiger partial charge in [-0.1, -0.05) is 12.1 Å². The van der Waals surface area contributed by atoms with Crippen LogP contribution < -0.4 is 8.92 Å². The first kappa shape index (κ1) is 23.0. The molecule has 0 amide bonds. The van der Waals surface area contributed by atoms with Crippen LogP contribution in [-0.2, 0) is 16.3 Å². The summed E-state index contributed by atoms with van der Waals surface area (Å²) in [4.78, 5) is 0. The Morgan fingerprint density at radius 3 is 2.39 bits per heavy atom. The van der Waals surface area contributed by atoms with Crippen molar-refractivity contribution in [1.82, 2.24) is 9.78 Å². The van der Waals surface area contributed by atoms with Crippen molar-refractivity contribution >= 4 is 10.1 Å². The smallest absolute Gasteiger partial charge is 0.493 e. The van der Waals surface area contributed by atoms with Gasteiger partial charge in [0.05, 0.1) is 17.9 Å². The zero-order chi connectivity index (χ0) is 24.0. The molecule has 2 heterocycles. The van der Waals surface area contributed by atoms with Crippen LogP contribution in [0.15, 0.2) is 54.9 Å². The molecule has 3 aromatic rings. The Bertz CT molecular complexity index is 1270. The summed E-state index contributed by atoms with van der Waals surface area (Å²) in [5, 5.41) is 4.02. The van der Waals surface area contributed by atoms with Crippen LogP contribution in [0.5, 0.6) is 11.5 Å². The van der Waals surface area contributed by atoms with E-state index in [-0.39, 0.29) is 18.0 Å². The average molecular weight is 492 g/mol. The van der Waals surface area contributed by atoms with E-state index in [1.807, 2.05) is 0 Å². The molecule has 0 bridgehead atoms. The Hall–Kier alpha value is -3.22. The molecule has 0 saturated carbocycles. The summed E-state index contributed by atoms with van der Waals surface area (Å²) in [7, 11) is -5.87. The van der Waals surface area contributed by atoms with Gasteiger partial charge >= 0.3 is 21.8 Å². The van der Waals surface area contributed by atoms with Crippen LogP contribution in [0.25, 0.3) is 5.69 Å². The highest BCUT2D eigenvalue weighted by Gasteiger charge is 2.48. The molecule has 2 aromatic carbocycles.